The Bertz CT molecular complexity index is 928. The minimum Gasteiger partial charge on any atom is -0.290 e. The van der Waals surface area contributed by atoms with Crippen molar-refractivity contribution in [2.75, 3.05) is 12.3 Å². The molecule has 10 rings (SSSR count). The van der Waals surface area contributed by atoms with Gasteiger partial charge < -0.3 is 0 Å². The van der Waals surface area contributed by atoms with E-state index >= 15 is 0 Å². The van der Waals surface area contributed by atoms with Crippen LogP contribution in [0, 0.1) is 51.8 Å². The maximum absolute atomic E-state index is 14.0. The smallest absolute Gasteiger partial charge is 0.254 e. The lowest BCUT2D eigenvalue weighted by Crippen LogP contribution is -2.45. The number of rotatable bonds is 2. The normalized spacial score (nSPS) is 56.4. The van der Waals surface area contributed by atoms with E-state index in [0.717, 1.165) is 91.5 Å². The molecule has 1 saturated heterocycles. The Morgan fingerprint density at radius 2 is 1.74 bits per heavy atom. The van der Waals surface area contributed by atoms with Gasteiger partial charge in [0.2, 0.25) is 5.91 Å². The van der Waals surface area contributed by atoms with Crippen molar-refractivity contribution >= 4 is 28.7 Å². The zero-order chi connectivity index (χ0) is 20.6. The van der Waals surface area contributed by atoms with Crippen LogP contribution in [0.25, 0.3) is 0 Å². The molecule has 1 spiro atoms. The highest BCUT2D eigenvalue weighted by molar-refractivity contribution is 8.14. The van der Waals surface area contributed by atoms with Gasteiger partial charge in [-0.1, -0.05) is 18.2 Å². The van der Waals surface area contributed by atoms with Gasteiger partial charge in [-0.3, -0.25) is 14.5 Å². The summed E-state index contributed by atoms with van der Waals surface area (Å²) in [7, 11) is 0. The van der Waals surface area contributed by atoms with Crippen molar-refractivity contribution in [1.82, 2.24) is 4.90 Å². The molecule has 0 aromatic heterocycles. The van der Waals surface area contributed by atoms with Crippen LogP contribution in [0.1, 0.15) is 77.0 Å². The molecule has 31 heavy (non-hydrogen) atoms. The highest BCUT2D eigenvalue weighted by Gasteiger charge is 2.77. The molecule has 166 valence electrons. The molecule has 0 aromatic rings. The average Bonchev–Trinajstić information content (AvgIpc) is 2.95. The summed E-state index contributed by atoms with van der Waals surface area (Å²) in [6, 6.07) is 0. The second-order valence-corrected chi connectivity index (χ2v) is 14.1. The van der Waals surface area contributed by atoms with Gasteiger partial charge in [-0.25, -0.2) is 0 Å². The minimum absolute atomic E-state index is 0.125. The molecule has 8 bridgehead atoms. The maximum Gasteiger partial charge on any atom is 0.254 e. The summed E-state index contributed by atoms with van der Waals surface area (Å²) in [4.78, 5) is 34.4. The standard InChI is InChI=1S/C26H34N2O2S/c29-21(24-9-15-1-2-17(11-24)18(7-15)12-24)27-23-28(5-6-31-23)22(30)25-10-16-3-4-26(14-25)19(8-16)20(26)13-25/h15-20H,1-14H2. The summed E-state index contributed by atoms with van der Waals surface area (Å²) < 4.78 is 0. The summed E-state index contributed by atoms with van der Waals surface area (Å²) in [6.07, 6.45) is 14.7. The predicted molar refractivity (Wildman–Crippen MR) is 120 cm³/mol. The van der Waals surface area contributed by atoms with Crippen LogP contribution >= 0.6 is 11.8 Å². The van der Waals surface area contributed by atoms with Crippen molar-refractivity contribution < 1.29 is 9.59 Å². The van der Waals surface area contributed by atoms with Crippen LogP contribution in [0.5, 0.6) is 0 Å². The van der Waals surface area contributed by atoms with Crippen molar-refractivity contribution in [3.05, 3.63) is 0 Å². The largest absolute Gasteiger partial charge is 0.290 e. The molecule has 5 heteroatoms. The number of carbonyl (C=O) groups excluding carboxylic acids is 2. The number of hydrogen-bond donors (Lipinski definition) is 0. The fourth-order valence-corrected chi connectivity index (χ4v) is 11.7. The van der Waals surface area contributed by atoms with E-state index in [9.17, 15) is 9.59 Å². The van der Waals surface area contributed by atoms with E-state index < -0.39 is 0 Å². The van der Waals surface area contributed by atoms with E-state index in [1.165, 1.54) is 38.5 Å². The fraction of sp³-hybridized carbons (Fsp3) is 0.885. The zero-order valence-electron chi connectivity index (χ0n) is 18.5. The number of amidine groups is 1. The van der Waals surface area contributed by atoms with Crippen LogP contribution in [-0.2, 0) is 9.59 Å². The fourth-order valence-electron chi connectivity index (χ4n) is 10.7. The maximum atomic E-state index is 14.0. The first-order chi connectivity index (χ1) is 15.0. The summed E-state index contributed by atoms with van der Waals surface area (Å²) in [5, 5.41) is 0.756. The lowest BCUT2D eigenvalue weighted by molar-refractivity contribution is -0.138. The Hall–Kier alpha value is -0.840. The molecular formula is C26H34N2O2S. The molecule has 9 aliphatic carbocycles. The average molecular weight is 439 g/mol. The topological polar surface area (TPSA) is 49.7 Å². The molecule has 10 fully saturated rings. The van der Waals surface area contributed by atoms with E-state index in [-0.39, 0.29) is 16.7 Å². The van der Waals surface area contributed by atoms with Gasteiger partial charge in [-0.15, -0.1) is 0 Å². The summed E-state index contributed by atoms with van der Waals surface area (Å²) in [5.41, 5.74) is 0.205. The van der Waals surface area contributed by atoms with Gasteiger partial charge in [0.05, 0.1) is 10.8 Å². The number of fused-ring (bicyclic) bond motifs is 3. The molecule has 9 saturated carbocycles. The Labute approximate surface area is 189 Å². The Balaban J connectivity index is 1.08. The van der Waals surface area contributed by atoms with E-state index in [4.69, 9.17) is 4.99 Å². The van der Waals surface area contributed by atoms with Gasteiger partial charge in [0.1, 0.15) is 0 Å². The first-order valence-corrected chi connectivity index (χ1v) is 14.1. The Morgan fingerprint density at radius 1 is 0.903 bits per heavy atom. The number of thioether (sulfide) groups is 1. The van der Waals surface area contributed by atoms with Crippen LogP contribution in [-0.4, -0.2) is 34.2 Å². The predicted octanol–water partition coefficient (Wildman–Crippen LogP) is 4.88. The first-order valence-electron chi connectivity index (χ1n) is 13.1. The molecule has 0 N–H and O–H groups in total. The molecule has 1 aliphatic heterocycles. The third kappa shape index (κ3) is 2.28. The number of aliphatic imine (C=N–C) groups is 1. The molecular weight excluding hydrogens is 404 g/mol. The van der Waals surface area contributed by atoms with Crippen LogP contribution in [0.4, 0.5) is 0 Å². The highest BCUT2D eigenvalue weighted by atomic mass is 32.2. The molecule has 9 unspecified atom stereocenters. The molecule has 0 aromatic carbocycles. The number of amides is 2. The van der Waals surface area contributed by atoms with Gasteiger partial charge in [0.15, 0.2) is 5.17 Å². The monoisotopic (exact) mass is 438 g/mol. The van der Waals surface area contributed by atoms with Crippen LogP contribution in [0.3, 0.4) is 0 Å². The van der Waals surface area contributed by atoms with E-state index in [2.05, 4.69) is 0 Å². The lowest BCUT2D eigenvalue weighted by atomic mass is 9.67. The molecule has 9 atom stereocenters. The molecule has 10 aliphatic rings. The van der Waals surface area contributed by atoms with Gasteiger partial charge in [-0.2, -0.15) is 4.99 Å². The first kappa shape index (κ1) is 18.6. The highest BCUT2D eigenvalue weighted by Crippen LogP contribution is 2.82. The van der Waals surface area contributed by atoms with E-state index in [1.807, 2.05) is 4.90 Å². The van der Waals surface area contributed by atoms with Gasteiger partial charge in [-0.05, 0) is 112 Å². The summed E-state index contributed by atoms with van der Waals surface area (Å²) in [6.45, 7) is 0.754. The molecule has 2 amide bonds. The zero-order valence-corrected chi connectivity index (χ0v) is 19.3. The van der Waals surface area contributed by atoms with Gasteiger partial charge >= 0.3 is 0 Å². The second-order valence-electron chi connectivity index (χ2n) is 13.0. The second kappa shape index (κ2) is 5.80. The van der Waals surface area contributed by atoms with Crippen molar-refractivity contribution in [1.29, 1.82) is 0 Å². The quantitative estimate of drug-likeness (QED) is 0.618. The van der Waals surface area contributed by atoms with E-state index in [0.29, 0.717) is 11.3 Å². The molecule has 0 radical (unpaired) electrons. The van der Waals surface area contributed by atoms with Crippen molar-refractivity contribution in [2.45, 2.75) is 77.0 Å². The van der Waals surface area contributed by atoms with Crippen molar-refractivity contribution in [3.8, 4) is 0 Å². The molecule has 1 heterocycles. The summed E-state index contributed by atoms with van der Waals surface area (Å²) in [5.74, 6) is 6.17. The molecule has 4 nitrogen and oxygen atoms in total. The van der Waals surface area contributed by atoms with Crippen LogP contribution in [0.2, 0.25) is 0 Å². The van der Waals surface area contributed by atoms with Crippen molar-refractivity contribution in [2.24, 2.45) is 56.7 Å². The number of carbonyl (C=O) groups is 2. The summed E-state index contributed by atoms with van der Waals surface area (Å²) >= 11 is 1.66. The minimum atomic E-state index is -0.194. The van der Waals surface area contributed by atoms with Crippen molar-refractivity contribution in [3.63, 3.8) is 0 Å². The van der Waals surface area contributed by atoms with Gasteiger partial charge in [0, 0.05) is 12.3 Å². The SMILES string of the molecule is O=C(N=C1SCCN1C(=O)C12CC3CCC4(C1)C(C3)C4C2)C12CC3CCC(C1)C(C3)C2. The van der Waals surface area contributed by atoms with Crippen LogP contribution in [0.15, 0.2) is 4.99 Å². The third-order valence-electron chi connectivity index (χ3n) is 11.8. The van der Waals surface area contributed by atoms with Crippen LogP contribution < -0.4 is 0 Å². The lowest BCUT2D eigenvalue weighted by Gasteiger charge is -2.38. The Kier molecular flexibility index (Phi) is 3.47. The van der Waals surface area contributed by atoms with E-state index in [1.54, 1.807) is 11.8 Å². The number of nitrogens with zero attached hydrogens (tertiary/aromatic N) is 2. The Morgan fingerprint density at radius 3 is 2.68 bits per heavy atom. The third-order valence-corrected chi connectivity index (χ3v) is 12.7. The van der Waals surface area contributed by atoms with Gasteiger partial charge in [0.25, 0.3) is 5.91 Å². The number of hydrogen-bond acceptors (Lipinski definition) is 3.